The van der Waals surface area contributed by atoms with Gasteiger partial charge in [-0.3, -0.25) is 0 Å². The van der Waals surface area contributed by atoms with Crippen LogP contribution in [0.25, 0.3) is 17.7 Å². The molecule has 1 aromatic heterocycles. The first kappa shape index (κ1) is 16.4. The van der Waals surface area contributed by atoms with Gasteiger partial charge in [-0.1, -0.05) is 30.4 Å². The highest BCUT2D eigenvalue weighted by Gasteiger charge is 2.18. The number of allylic oxidation sites excluding steroid dienone is 1. The van der Waals surface area contributed by atoms with E-state index in [0.717, 1.165) is 54.3 Å². The monoisotopic (exact) mass is 323 g/mol. The Labute approximate surface area is 142 Å². The van der Waals surface area contributed by atoms with Crippen molar-refractivity contribution in [2.45, 2.75) is 19.8 Å². The number of hydrogen-bond donors (Lipinski definition) is 2. The molecule has 0 bridgehead atoms. The van der Waals surface area contributed by atoms with E-state index in [0.29, 0.717) is 0 Å². The minimum Gasteiger partial charge on any atom is -0.338 e. The molecule has 2 N–H and O–H groups in total. The van der Waals surface area contributed by atoms with Crippen molar-refractivity contribution in [1.29, 1.82) is 0 Å². The van der Waals surface area contributed by atoms with Crippen LogP contribution in [0.2, 0.25) is 0 Å². The molecule has 0 saturated carbocycles. The quantitative estimate of drug-likeness (QED) is 0.875. The van der Waals surface area contributed by atoms with E-state index in [-0.39, 0.29) is 5.82 Å². The van der Waals surface area contributed by atoms with Gasteiger partial charge in [-0.2, -0.15) is 0 Å². The van der Waals surface area contributed by atoms with Crippen molar-refractivity contribution in [2.24, 2.45) is 0 Å². The smallest absolute Gasteiger partial charge is 0.139 e. The Bertz CT molecular complexity index is 774. The number of nitrogens with one attached hydrogen (secondary N) is 2. The van der Waals surface area contributed by atoms with E-state index >= 15 is 0 Å². The largest absolute Gasteiger partial charge is 0.338 e. The highest BCUT2D eigenvalue weighted by molar-refractivity contribution is 5.80. The zero-order chi connectivity index (χ0) is 16.9. The number of imidazole rings is 1. The summed E-state index contributed by atoms with van der Waals surface area (Å²) in [5.74, 6) is 0.593. The lowest BCUT2D eigenvalue weighted by Crippen LogP contribution is -2.24. The molecule has 3 nitrogen and oxygen atoms in total. The van der Waals surface area contributed by atoms with Crippen molar-refractivity contribution in [3.8, 4) is 0 Å². The molecule has 1 fully saturated rings. The first-order valence-electron chi connectivity index (χ1n) is 8.27. The van der Waals surface area contributed by atoms with E-state index in [2.05, 4.69) is 16.9 Å². The predicted octanol–water partition coefficient (Wildman–Crippen LogP) is 4.41. The molecule has 0 atom stereocenters. The van der Waals surface area contributed by atoms with Crippen LogP contribution >= 0.6 is 0 Å². The lowest BCUT2D eigenvalue weighted by atomic mass is 9.93. The van der Waals surface area contributed by atoms with Crippen molar-refractivity contribution in [3.05, 3.63) is 71.1 Å². The van der Waals surface area contributed by atoms with Gasteiger partial charge in [0.2, 0.25) is 0 Å². The molecular weight excluding hydrogens is 301 g/mol. The molecule has 1 aromatic carbocycles. The van der Waals surface area contributed by atoms with Crippen LogP contribution in [0.1, 0.15) is 42.5 Å². The number of rotatable bonds is 4. The second-order valence-corrected chi connectivity index (χ2v) is 5.82. The fraction of sp³-hybridized carbons (Fsp3) is 0.250. The van der Waals surface area contributed by atoms with Crippen LogP contribution in [-0.4, -0.2) is 23.1 Å². The number of hydrogen-bond acceptors (Lipinski definition) is 2. The Morgan fingerprint density at radius 1 is 1.21 bits per heavy atom. The number of piperidine rings is 1. The van der Waals surface area contributed by atoms with Gasteiger partial charge in [-0.05, 0) is 62.7 Å². The van der Waals surface area contributed by atoms with E-state index < -0.39 is 0 Å². The van der Waals surface area contributed by atoms with Gasteiger partial charge in [0.25, 0.3) is 0 Å². The molecule has 2 heterocycles. The van der Waals surface area contributed by atoms with Gasteiger partial charge < -0.3 is 10.3 Å². The van der Waals surface area contributed by atoms with Gasteiger partial charge in [-0.25, -0.2) is 9.37 Å². The molecule has 3 rings (SSSR count). The Morgan fingerprint density at radius 2 is 1.92 bits per heavy atom. The molecule has 1 saturated heterocycles. The summed E-state index contributed by atoms with van der Waals surface area (Å²) >= 11 is 0. The number of nitrogens with zero attached hydrogens (tertiary/aromatic N) is 1. The molecular formula is C20H22FN3. The van der Waals surface area contributed by atoms with Crippen LogP contribution < -0.4 is 5.32 Å². The highest BCUT2D eigenvalue weighted by Crippen LogP contribution is 2.30. The summed E-state index contributed by atoms with van der Waals surface area (Å²) < 4.78 is 13.3. The molecule has 0 aliphatic carbocycles. The Hall–Kier alpha value is -2.46. The topological polar surface area (TPSA) is 40.7 Å². The van der Waals surface area contributed by atoms with Crippen molar-refractivity contribution < 1.29 is 4.39 Å². The second kappa shape index (κ2) is 7.41. The summed E-state index contributed by atoms with van der Waals surface area (Å²) in [6, 6.07) is 6.65. The van der Waals surface area contributed by atoms with Crippen molar-refractivity contribution >= 4 is 17.7 Å². The van der Waals surface area contributed by atoms with Crippen LogP contribution in [-0.2, 0) is 0 Å². The second-order valence-electron chi connectivity index (χ2n) is 5.82. The maximum absolute atomic E-state index is 13.3. The van der Waals surface area contributed by atoms with Crippen LogP contribution in [0, 0.1) is 5.82 Å². The standard InChI is InChI=1S/C20H22FN3/c1-3-5-18-17(4-2)23-20(24-18)19(15-10-12-22-13-11-15)14-6-8-16(21)9-7-14/h3-9,22H,2,10-13H2,1H3,(H,23,24)/b5-3-. The van der Waals surface area contributed by atoms with Gasteiger partial charge in [0.15, 0.2) is 0 Å². The molecule has 0 spiro atoms. The minimum absolute atomic E-state index is 0.228. The summed E-state index contributed by atoms with van der Waals surface area (Å²) in [4.78, 5) is 8.13. The normalized spacial score (nSPS) is 15.0. The molecule has 0 unspecified atom stereocenters. The van der Waals surface area contributed by atoms with E-state index in [9.17, 15) is 4.39 Å². The lowest BCUT2D eigenvalue weighted by molar-refractivity contribution is 0.611. The first-order valence-corrected chi connectivity index (χ1v) is 8.27. The number of aromatic amines is 1. The van der Waals surface area contributed by atoms with E-state index in [1.165, 1.54) is 17.7 Å². The molecule has 2 aromatic rings. The zero-order valence-corrected chi connectivity index (χ0v) is 13.9. The number of aromatic nitrogens is 2. The molecule has 4 heteroatoms. The van der Waals surface area contributed by atoms with Crippen LogP contribution in [0.15, 0.2) is 42.5 Å². The van der Waals surface area contributed by atoms with Gasteiger partial charge >= 0.3 is 0 Å². The maximum atomic E-state index is 13.3. The molecule has 1 aliphatic rings. The van der Waals surface area contributed by atoms with Gasteiger partial charge in [0.05, 0.1) is 11.4 Å². The minimum atomic E-state index is -0.228. The fourth-order valence-corrected chi connectivity index (χ4v) is 3.07. The van der Waals surface area contributed by atoms with E-state index in [1.807, 2.05) is 31.2 Å². The Morgan fingerprint density at radius 3 is 2.54 bits per heavy atom. The molecule has 1 aliphatic heterocycles. The number of halogens is 1. The molecule has 0 radical (unpaired) electrons. The van der Waals surface area contributed by atoms with Crippen LogP contribution in [0.5, 0.6) is 0 Å². The molecule has 0 amide bonds. The van der Waals surface area contributed by atoms with Crippen LogP contribution in [0.3, 0.4) is 0 Å². The molecule has 24 heavy (non-hydrogen) atoms. The van der Waals surface area contributed by atoms with Crippen LogP contribution in [0.4, 0.5) is 4.39 Å². The van der Waals surface area contributed by atoms with Gasteiger partial charge in [0, 0.05) is 5.57 Å². The highest BCUT2D eigenvalue weighted by atomic mass is 19.1. The fourth-order valence-electron chi connectivity index (χ4n) is 3.07. The third-order valence-electron chi connectivity index (χ3n) is 4.22. The molecule has 124 valence electrons. The van der Waals surface area contributed by atoms with E-state index in [1.54, 1.807) is 6.08 Å². The van der Waals surface area contributed by atoms with E-state index in [4.69, 9.17) is 4.98 Å². The summed E-state index contributed by atoms with van der Waals surface area (Å²) in [5, 5.41) is 3.38. The number of benzene rings is 1. The Balaban J connectivity index is 2.14. The lowest BCUT2D eigenvalue weighted by Gasteiger charge is -2.19. The van der Waals surface area contributed by atoms with Crippen molar-refractivity contribution in [3.63, 3.8) is 0 Å². The van der Waals surface area contributed by atoms with Gasteiger partial charge in [0.1, 0.15) is 11.6 Å². The van der Waals surface area contributed by atoms with Gasteiger partial charge in [-0.15, -0.1) is 0 Å². The SMILES string of the molecule is C=Cc1nc(C(=C2CCNCC2)c2ccc(F)cc2)[nH]c1/C=C\C. The third-order valence-corrected chi connectivity index (χ3v) is 4.22. The summed E-state index contributed by atoms with van der Waals surface area (Å²) in [6.07, 6.45) is 7.65. The summed E-state index contributed by atoms with van der Waals surface area (Å²) in [6.45, 7) is 7.73. The van der Waals surface area contributed by atoms with Crippen molar-refractivity contribution in [2.75, 3.05) is 13.1 Å². The first-order chi connectivity index (χ1) is 11.7. The number of H-pyrrole nitrogens is 1. The van der Waals surface area contributed by atoms with Crippen molar-refractivity contribution in [1.82, 2.24) is 15.3 Å². The summed E-state index contributed by atoms with van der Waals surface area (Å²) in [7, 11) is 0. The Kier molecular flexibility index (Phi) is 5.06. The third kappa shape index (κ3) is 3.39. The summed E-state index contributed by atoms with van der Waals surface area (Å²) in [5.41, 5.74) is 5.19. The average Bonchev–Trinajstić information content (AvgIpc) is 3.01. The average molecular weight is 323 g/mol. The predicted molar refractivity (Wildman–Crippen MR) is 97.9 cm³/mol. The maximum Gasteiger partial charge on any atom is 0.139 e. The zero-order valence-electron chi connectivity index (χ0n) is 13.9.